The van der Waals surface area contributed by atoms with Crippen LogP contribution in [-0.4, -0.2) is 56.9 Å². The van der Waals surface area contributed by atoms with Gasteiger partial charge in [0.1, 0.15) is 0 Å². The summed E-state index contributed by atoms with van der Waals surface area (Å²) in [5, 5.41) is 2.86. The molecule has 110 valence electrons. The number of carbonyl (C=O) groups is 2. The predicted octanol–water partition coefficient (Wildman–Crippen LogP) is 1.01. The zero-order chi connectivity index (χ0) is 14.3. The lowest BCUT2D eigenvalue weighted by Gasteiger charge is -2.35. The Bertz CT molecular complexity index is 309. The van der Waals surface area contributed by atoms with E-state index in [0.29, 0.717) is 18.9 Å². The van der Waals surface area contributed by atoms with Gasteiger partial charge in [-0.1, -0.05) is 0 Å². The van der Waals surface area contributed by atoms with E-state index in [2.05, 4.69) is 15.0 Å². The molecule has 0 radical (unpaired) electrons. The first-order valence-corrected chi connectivity index (χ1v) is 6.73. The quantitative estimate of drug-likeness (QED) is 0.756. The molecule has 0 aliphatic carbocycles. The number of likely N-dealkylation sites (tertiary alicyclic amines) is 1. The van der Waals surface area contributed by atoms with Crippen molar-refractivity contribution in [2.45, 2.75) is 32.2 Å². The smallest absolute Gasteiger partial charge is 0.407 e. The molecule has 0 aromatic carbocycles. The summed E-state index contributed by atoms with van der Waals surface area (Å²) in [5.41, 5.74) is 0. The second-order valence-corrected chi connectivity index (χ2v) is 5.00. The Labute approximate surface area is 114 Å². The van der Waals surface area contributed by atoms with Crippen LogP contribution >= 0.6 is 0 Å². The maximum absolute atomic E-state index is 11.4. The van der Waals surface area contributed by atoms with Crippen LogP contribution in [0, 0.1) is 5.92 Å². The Kier molecular flexibility index (Phi) is 6.62. The average molecular weight is 272 g/mol. The minimum atomic E-state index is -0.366. The van der Waals surface area contributed by atoms with E-state index in [0.717, 1.165) is 25.9 Å². The van der Waals surface area contributed by atoms with Crippen LogP contribution in [0.25, 0.3) is 0 Å². The molecule has 1 aliphatic rings. The highest BCUT2D eigenvalue weighted by molar-refractivity contribution is 5.69. The summed E-state index contributed by atoms with van der Waals surface area (Å²) in [6.45, 7) is 3.91. The molecule has 2 unspecified atom stereocenters. The maximum Gasteiger partial charge on any atom is 0.407 e. The summed E-state index contributed by atoms with van der Waals surface area (Å²) in [6, 6.07) is 0.0837. The first-order chi connectivity index (χ1) is 9.05. The van der Waals surface area contributed by atoms with Gasteiger partial charge in [-0.15, -0.1) is 0 Å². The second-order valence-electron chi connectivity index (χ2n) is 5.00. The summed E-state index contributed by atoms with van der Waals surface area (Å²) >= 11 is 0. The summed E-state index contributed by atoms with van der Waals surface area (Å²) < 4.78 is 9.54. The predicted molar refractivity (Wildman–Crippen MR) is 70.8 cm³/mol. The van der Waals surface area contributed by atoms with Gasteiger partial charge in [-0.2, -0.15) is 0 Å². The molecule has 2 atom stereocenters. The van der Waals surface area contributed by atoms with Crippen molar-refractivity contribution in [2.24, 2.45) is 5.92 Å². The number of alkyl carbamates (subject to hydrolysis) is 1. The van der Waals surface area contributed by atoms with Gasteiger partial charge in [-0.05, 0) is 32.7 Å². The van der Waals surface area contributed by atoms with Gasteiger partial charge in [-0.25, -0.2) is 4.79 Å². The summed E-state index contributed by atoms with van der Waals surface area (Å²) in [6.07, 6.45) is 1.73. The number of carbonyl (C=O) groups excluding carboxylic acids is 2. The van der Waals surface area contributed by atoms with E-state index in [-0.39, 0.29) is 18.1 Å². The Morgan fingerprint density at radius 1 is 1.37 bits per heavy atom. The third-order valence-electron chi connectivity index (χ3n) is 3.30. The molecule has 0 aromatic rings. The fourth-order valence-corrected chi connectivity index (χ4v) is 2.52. The maximum atomic E-state index is 11.4. The number of rotatable bonds is 5. The molecule has 1 aliphatic heterocycles. The van der Waals surface area contributed by atoms with Crippen molar-refractivity contribution in [2.75, 3.05) is 33.9 Å². The van der Waals surface area contributed by atoms with Gasteiger partial charge in [0.05, 0.1) is 13.7 Å². The van der Waals surface area contributed by atoms with Gasteiger partial charge < -0.3 is 19.7 Å². The van der Waals surface area contributed by atoms with Gasteiger partial charge in [0, 0.05) is 25.6 Å². The highest BCUT2D eigenvalue weighted by atomic mass is 16.5. The van der Waals surface area contributed by atoms with Gasteiger partial charge in [0.15, 0.2) is 0 Å². The van der Waals surface area contributed by atoms with E-state index in [1.165, 1.54) is 7.11 Å². The van der Waals surface area contributed by atoms with Gasteiger partial charge >= 0.3 is 12.1 Å². The first-order valence-electron chi connectivity index (χ1n) is 6.73. The normalized spacial score (nSPS) is 23.7. The van der Waals surface area contributed by atoms with Crippen molar-refractivity contribution in [1.29, 1.82) is 0 Å². The molecule has 0 bridgehead atoms. The number of hydrogen-bond donors (Lipinski definition) is 1. The molecule has 1 rings (SSSR count). The Hall–Kier alpha value is -1.30. The van der Waals surface area contributed by atoms with Crippen LogP contribution in [-0.2, 0) is 14.3 Å². The number of nitrogens with zero attached hydrogens (tertiary/aromatic N) is 1. The van der Waals surface area contributed by atoms with Gasteiger partial charge in [-0.3, -0.25) is 4.79 Å². The van der Waals surface area contributed by atoms with Crippen LogP contribution < -0.4 is 5.32 Å². The molecule has 1 fully saturated rings. The molecular formula is C13H24N2O4. The molecule has 1 saturated heterocycles. The van der Waals surface area contributed by atoms with Crippen LogP contribution in [0.2, 0.25) is 0 Å². The van der Waals surface area contributed by atoms with Crippen LogP contribution in [0.5, 0.6) is 0 Å². The standard InChI is InChI=1S/C13H24N2O4/c1-4-19-13(17)14-11-7-10(8-15(2)9-11)5-6-12(16)18-3/h10-11H,4-9H2,1-3H3,(H,14,17). The van der Waals surface area contributed by atoms with E-state index in [1.54, 1.807) is 6.92 Å². The highest BCUT2D eigenvalue weighted by Crippen LogP contribution is 2.20. The lowest BCUT2D eigenvalue weighted by Crippen LogP contribution is -2.49. The van der Waals surface area contributed by atoms with Crippen LogP contribution in [0.15, 0.2) is 0 Å². The number of piperidine rings is 1. The molecule has 0 aromatic heterocycles. The molecule has 19 heavy (non-hydrogen) atoms. The zero-order valence-corrected chi connectivity index (χ0v) is 12.0. The summed E-state index contributed by atoms with van der Waals surface area (Å²) in [5.74, 6) is 0.216. The van der Waals surface area contributed by atoms with Crippen molar-refractivity contribution in [3.63, 3.8) is 0 Å². The number of ether oxygens (including phenoxy) is 2. The summed E-state index contributed by atoms with van der Waals surface area (Å²) in [7, 11) is 3.42. The SMILES string of the molecule is CCOC(=O)NC1CC(CCC(=O)OC)CN(C)C1. The molecule has 1 N–H and O–H groups in total. The number of nitrogens with one attached hydrogen (secondary N) is 1. The van der Waals surface area contributed by atoms with Gasteiger partial charge in [0.25, 0.3) is 0 Å². The van der Waals surface area contributed by atoms with Crippen molar-refractivity contribution in [1.82, 2.24) is 10.2 Å². The Morgan fingerprint density at radius 3 is 2.74 bits per heavy atom. The minimum absolute atomic E-state index is 0.0837. The molecule has 1 heterocycles. The van der Waals surface area contributed by atoms with Crippen molar-refractivity contribution >= 4 is 12.1 Å². The van der Waals surface area contributed by atoms with Gasteiger partial charge in [0.2, 0.25) is 0 Å². The van der Waals surface area contributed by atoms with Crippen molar-refractivity contribution in [3.05, 3.63) is 0 Å². The number of esters is 1. The monoisotopic (exact) mass is 272 g/mol. The van der Waals surface area contributed by atoms with E-state index < -0.39 is 0 Å². The minimum Gasteiger partial charge on any atom is -0.469 e. The van der Waals surface area contributed by atoms with Crippen molar-refractivity contribution < 1.29 is 19.1 Å². The number of amides is 1. The van der Waals surface area contributed by atoms with Crippen LogP contribution in [0.1, 0.15) is 26.2 Å². The van der Waals surface area contributed by atoms with E-state index >= 15 is 0 Å². The molecule has 6 heteroatoms. The molecule has 6 nitrogen and oxygen atoms in total. The lowest BCUT2D eigenvalue weighted by molar-refractivity contribution is -0.141. The van der Waals surface area contributed by atoms with Crippen LogP contribution in [0.3, 0.4) is 0 Å². The number of hydrogen-bond acceptors (Lipinski definition) is 5. The van der Waals surface area contributed by atoms with Crippen LogP contribution in [0.4, 0.5) is 4.79 Å². The Balaban J connectivity index is 2.39. The average Bonchev–Trinajstić information content (AvgIpc) is 2.35. The molecular weight excluding hydrogens is 248 g/mol. The highest BCUT2D eigenvalue weighted by Gasteiger charge is 2.27. The molecule has 0 saturated carbocycles. The van der Waals surface area contributed by atoms with E-state index in [9.17, 15) is 9.59 Å². The largest absolute Gasteiger partial charge is 0.469 e. The molecule has 1 amide bonds. The molecule has 0 spiro atoms. The number of likely N-dealkylation sites (N-methyl/N-ethyl adjacent to an activating group) is 1. The summed E-state index contributed by atoms with van der Waals surface area (Å²) in [4.78, 5) is 24.7. The lowest BCUT2D eigenvalue weighted by atomic mass is 9.90. The van der Waals surface area contributed by atoms with E-state index in [1.807, 2.05) is 7.05 Å². The topological polar surface area (TPSA) is 67.9 Å². The fraction of sp³-hybridized carbons (Fsp3) is 0.846. The Morgan fingerprint density at radius 2 is 2.11 bits per heavy atom. The fourth-order valence-electron chi connectivity index (χ4n) is 2.52. The second kappa shape index (κ2) is 7.99. The third kappa shape index (κ3) is 5.92. The zero-order valence-electron chi connectivity index (χ0n) is 12.0. The first kappa shape index (κ1) is 15.8. The number of methoxy groups -OCH3 is 1. The van der Waals surface area contributed by atoms with Crippen molar-refractivity contribution in [3.8, 4) is 0 Å². The van der Waals surface area contributed by atoms with E-state index in [4.69, 9.17) is 4.74 Å². The third-order valence-corrected chi connectivity index (χ3v) is 3.30.